The van der Waals surface area contributed by atoms with Gasteiger partial charge in [-0.25, -0.2) is 0 Å². The summed E-state index contributed by atoms with van der Waals surface area (Å²) in [6.45, 7) is 3.37. The molecule has 2 aromatic carbocycles. The number of rotatable bonds is 4. The Balaban J connectivity index is 2.12. The number of carbonyl (C=O) groups is 2. The highest BCUT2D eigenvalue weighted by Crippen LogP contribution is 2.18. The number of ketones is 1. The molecule has 0 aliphatic heterocycles. The van der Waals surface area contributed by atoms with Gasteiger partial charge in [-0.2, -0.15) is 0 Å². The molecule has 0 saturated carbocycles. The molecule has 0 aromatic heterocycles. The molecule has 3 heteroatoms. The van der Waals surface area contributed by atoms with Crippen LogP contribution in [-0.4, -0.2) is 11.7 Å². The van der Waals surface area contributed by atoms with E-state index in [2.05, 4.69) is 5.32 Å². The van der Waals surface area contributed by atoms with Crippen LogP contribution in [0.5, 0.6) is 0 Å². The van der Waals surface area contributed by atoms with Gasteiger partial charge in [0.1, 0.15) is 0 Å². The quantitative estimate of drug-likeness (QED) is 0.860. The van der Waals surface area contributed by atoms with E-state index in [-0.39, 0.29) is 17.6 Å². The van der Waals surface area contributed by atoms with Crippen molar-refractivity contribution in [3.05, 3.63) is 65.7 Å². The average molecular weight is 267 g/mol. The van der Waals surface area contributed by atoms with Gasteiger partial charge < -0.3 is 5.32 Å². The third-order valence-corrected chi connectivity index (χ3v) is 3.23. The van der Waals surface area contributed by atoms with E-state index in [0.717, 1.165) is 5.56 Å². The van der Waals surface area contributed by atoms with Gasteiger partial charge in [0, 0.05) is 11.3 Å². The van der Waals surface area contributed by atoms with E-state index in [1.807, 2.05) is 37.3 Å². The second-order valence-electron chi connectivity index (χ2n) is 4.76. The van der Waals surface area contributed by atoms with Crippen LogP contribution in [0.2, 0.25) is 0 Å². The van der Waals surface area contributed by atoms with Crippen LogP contribution >= 0.6 is 0 Å². The second kappa shape index (κ2) is 6.15. The Bertz CT molecular complexity index is 620. The number of anilines is 1. The predicted molar refractivity (Wildman–Crippen MR) is 79.9 cm³/mol. The molecule has 0 bridgehead atoms. The number of benzene rings is 2. The summed E-state index contributed by atoms with van der Waals surface area (Å²) in [4.78, 5) is 23.5. The summed E-state index contributed by atoms with van der Waals surface area (Å²) >= 11 is 0. The highest BCUT2D eigenvalue weighted by atomic mass is 16.2. The van der Waals surface area contributed by atoms with E-state index in [1.165, 1.54) is 6.92 Å². The number of hydrogen-bond acceptors (Lipinski definition) is 2. The van der Waals surface area contributed by atoms with Crippen LogP contribution in [0.15, 0.2) is 54.6 Å². The standard InChI is InChI=1S/C17H17NO2/c1-12(14-7-4-3-5-8-14)17(20)18-16-10-6-9-15(11-16)13(2)19/h3-12H,1-2H3,(H,18,20). The SMILES string of the molecule is CC(=O)c1cccc(NC(=O)C(C)c2ccccc2)c1. The van der Waals surface area contributed by atoms with Crippen molar-refractivity contribution in [3.63, 3.8) is 0 Å². The van der Waals surface area contributed by atoms with Crippen LogP contribution in [-0.2, 0) is 4.79 Å². The molecule has 1 atom stereocenters. The molecule has 0 heterocycles. The van der Waals surface area contributed by atoms with E-state index >= 15 is 0 Å². The van der Waals surface area contributed by atoms with Crippen molar-refractivity contribution in [2.24, 2.45) is 0 Å². The van der Waals surface area contributed by atoms with Crippen molar-refractivity contribution in [3.8, 4) is 0 Å². The second-order valence-corrected chi connectivity index (χ2v) is 4.76. The van der Waals surface area contributed by atoms with Crippen molar-refractivity contribution in [1.82, 2.24) is 0 Å². The molecule has 1 amide bonds. The Labute approximate surface area is 118 Å². The molecule has 102 valence electrons. The molecular formula is C17H17NO2. The molecule has 0 aliphatic carbocycles. The maximum Gasteiger partial charge on any atom is 0.231 e. The molecule has 0 radical (unpaired) electrons. The summed E-state index contributed by atoms with van der Waals surface area (Å²) in [6.07, 6.45) is 0. The van der Waals surface area contributed by atoms with Gasteiger partial charge in [-0.05, 0) is 31.5 Å². The van der Waals surface area contributed by atoms with E-state index in [1.54, 1.807) is 24.3 Å². The van der Waals surface area contributed by atoms with E-state index in [9.17, 15) is 9.59 Å². The zero-order valence-electron chi connectivity index (χ0n) is 11.6. The van der Waals surface area contributed by atoms with Gasteiger partial charge in [0.2, 0.25) is 5.91 Å². The van der Waals surface area contributed by atoms with E-state index in [0.29, 0.717) is 11.3 Å². The van der Waals surface area contributed by atoms with Crippen LogP contribution in [0, 0.1) is 0 Å². The third-order valence-electron chi connectivity index (χ3n) is 3.23. The van der Waals surface area contributed by atoms with Gasteiger partial charge in [0.25, 0.3) is 0 Å². The lowest BCUT2D eigenvalue weighted by molar-refractivity contribution is -0.117. The molecule has 0 aliphatic rings. The summed E-state index contributed by atoms with van der Waals surface area (Å²) in [6, 6.07) is 16.6. The summed E-state index contributed by atoms with van der Waals surface area (Å²) in [5, 5.41) is 2.84. The molecule has 1 unspecified atom stereocenters. The fourth-order valence-electron chi connectivity index (χ4n) is 1.96. The minimum absolute atomic E-state index is 0.0165. The van der Waals surface area contributed by atoms with Gasteiger partial charge in [0.15, 0.2) is 5.78 Å². The average Bonchev–Trinajstić information content (AvgIpc) is 2.47. The van der Waals surface area contributed by atoms with Crippen molar-refractivity contribution < 1.29 is 9.59 Å². The van der Waals surface area contributed by atoms with Gasteiger partial charge in [-0.3, -0.25) is 9.59 Å². The Morgan fingerprint density at radius 3 is 2.35 bits per heavy atom. The van der Waals surface area contributed by atoms with Crippen LogP contribution in [0.4, 0.5) is 5.69 Å². The highest BCUT2D eigenvalue weighted by molar-refractivity contribution is 5.98. The van der Waals surface area contributed by atoms with Gasteiger partial charge in [-0.15, -0.1) is 0 Å². The first-order chi connectivity index (χ1) is 9.58. The van der Waals surface area contributed by atoms with Gasteiger partial charge in [-0.1, -0.05) is 42.5 Å². The van der Waals surface area contributed by atoms with Crippen molar-refractivity contribution >= 4 is 17.4 Å². The van der Waals surface area contributed by atoms with Crippen LogP contribution in [0.3, 0.4) is 0 Å². The predicted octanol–water partition coefficient (Wildman–Crippen LogP) is 3.63. The Hall–Kier alpha value is -2.42. The minimum Gasteiger partial charge on any atom is -0.326 e. The number of carbonyl (C=O) groups excluding carboxylic acids is 2. The molecule has 20 heavy (non-hydrogen) atoms. The number of Topliss-reactive ketones (excluding diaryl/α,β-unsaturated/α-hetero) is 1. The van der Waals surface area contributed by atoms with E-state index < -0.39 is 0 Å². The lowest BCUT2D eigenvalue weighted by atomic mass is 10.0. The fourth-order valence-corrected chi connectivity index (χ4v) is 1.96. The third kappa shape index (κ3) is 3.32. The smallest absolute Gasteiger partial charge is 0.231 e. The topological polar surface area (TPSA) is 46.2 Å². The first kappa shape index (κ1) is 14.0. The monoisotopic (exact) mass is 267 g/mol. The first-order valence-corrected chi connectivity index (χ1v) is 6.54. The number of hydrogen-bond donors (Lipinski definition) is 1. The lowest BCUT2D eigenvalue weighted by Gasteiger charge is -2.13. The molecule has 3 nitrogen and oxygen atoms in total. The van der Waals surface area contributed by atoms with Crippen LogP contribution in [0.1, 0.15) is 35.7 Å². The van der Waals surface area contributed by atoms with Crippen molar-refractivity contribution in [2.45, 2.75) is 19.8 Å². The number of nitrogens with one attached hydrogen (secondary N) is 1. The number of amides is 1. The van der Waals surface area contributed by atoms with Crippen LogP contribution in [0.25, 0.3) is 0 Å². The Morgan fingerprint density at radius 1 is 1.00 bits per heavy atom. The molecular weight excluding hydrogens is 250 g/mol. The van der Waals surface area contributed by atoms with Crippen molar-refractivity contribution in [2.75, 3.05) is 5.32 Å². The summed E-state index contributed by atoms with van der Waals surface area (Å²) in [5.74, 6) is -0.341. The minimum atomic E-state index is -0.239. The zero-order chi connectivity index (χ0) is 14.5. The van der Waals surface area contributed by atoms with Crippen molar-refractivity contribution in [1.29, 1.82) is 0 Å². The van der Waals surface area contributed by atoms with Crippen LogP contribution < -0.4 is 5.32 Å². The molecule has 2 aromatic rings. The maximum atomic E-state index is 12.2. The first-order valence-electron chi connectivity index (χ1n) is 6.54. The summed E-state index contributed by atoms with van der Waals surface area (Å²) < 4.78 is 0. The van der Waals surface area contributed by atoms with E-state index in [4.69, 9.17) is 0 Å². The maximum absolute atomic E-state index is 12.2. The molecule has 0 fully saturated rings. The molecule has 0 saturated heterocycles. The Kier molecular flexibility index (Phi) is 4.31. The molecule has 1 N–H and O–H groups in total. The normalized spacial score (nSPS) is 11.7. The summed E-state index contributed by atoms with van der Waals surface area (Å²) in [7, 11) is 0. The van der Waals surface area contributed by atoms with Gasteiger partial charge >= 0.3 is 0 Å². The lowest BCUT2D eigenvalue weighted by Crippen LogP contribution is -2.18. The Morgan fingerprint density at radius 2 is 1.70 bits per heavy atom. The molecule has 2 rings (SSSR count). The molecule has 0 spiro atoms. The largest absolute Gasteiger partial charge is 0.326 e. The zero-order valence-corrected chi connectivity index (χ0v) is 11.6. The fraction of sp³-hybridized carbons (Fsp3) is 0.176. The highest BCUT2D eigenvalue weighted by Gasteiger charge is 2.15. The van der Waals surface area contributed by atoms with Gasteiger partial charge in [0.05, 0.1) is 5.92 Å². The summed E-state index contributed by atoms with van der Waals surface area (Å²) in [5.41, 5.74) is 2.20.